The summed E-state index contributed by atoms with van der Waals surface area (Å²) < 4.78 is 1.83. The van der Waals surface area contributed by atoms with Gasteiger partial charge in [0.25, 0.3) is 0 Å². The molecule has 0 atom stereocenters. The summed E-state index contributed by atoms with van der Waals surface area (Å²) >= 11 is 18.8. The molecule has 31 heavy (non-hydrogen) atoms. The lowest BCUT2D eigenvalue weighted by Crippen LogP contribution is -2.00. The van der Waals surface area contributed by atoms with E-state index in [1.165, 1.54) is 12.8 Å². The second kappa shape index (κ2) is 8.30. The molecule has 1 aliphatic rings. The van der Waals surface area contributed by atoms with E-state index >= 15 is 0 Å². The number of aromatic nitrogens is 5. The third kappa shape index (κ3) is 3.86. The van der Waals surface area contributed by atoms with Crippen LogP contribution in [0.15, 0.2) is 42.5 Å². The van der Waals surface area contributed by atoms with Gasteiger partial charge in [-0.15, -0.1) is 0 Å². The maximum absolute atomic E-state index is 6.54. The fourth-order valence-electron chi connectivity index (χ4n) is 4.24. The predicted octanol–water partition coefficient (Wildman–Crippen LogP) is 7.25. The molecule has 1 aliphatic carbocycles. The van der Waals surface area contributed by atoms with Gasteiger partial charge in [-0.3, -0.25) is 5.10 Å². The molecular weight excluding hydrogens is 453 g/mol. The molecule has 1 N–H and O–H groups in total. The van der Waals surface area contributed by atoms with Gasteiger partial charge in [0.1, 0.15) is 11.5 Å². The fraction of sp³-hybridized carbons (Fsp3) is 0.261. The van der Waals surface area contributed by atoms with E-state index in [1.54, 1.807) is 12.1 Å². The number of rotatable bonds is 4. The molecule has 5 nitrogen and oxygen atoms in total. The zero-order chi connectivity index (χ0) is 21.5. The summed E-state index contributed by atoms with van der Waals surface area (Å²) in [7, 11) is 0. The van der Waals surface area contributed by atoms with Gasteiger partial charge >= 0.3 is 0 Å². The fourth-order valence-corrected chi connectivity index (χ4v) is 4.86. The summed E-state index contributed by atoms with van der Waals surface area (Å²) in [4.78, 5) is 4.80. The number of hydrogen-bond donors (Lipinski definition) is 1. The second-order valence-corrected chi connectivity index (χ2v) is 9.14. The molecule has 0 amide bonds. The number of aromatic amines is 1. The average molecular weight is 473 g/mol. The van der Waals surface area contributed by atoms with Gasteiger partial charge in [-0.05, 0) is 50.1 Å². The van der Waals surface area contributed by atoms with Crippen LogP contribution in [0.4, 0.5) is 0 Å². The Hall–Kier alpha value is -2.34. The van der Waals surface area contributed by atoms with E-state index in [9.17, 15) is 0 Å². The summed E-state index contributed by atoms with van der Waals surface area (Å²) in [5, 5.41) is 14.3. The summed E-state index contributed by atoms with van der Waals surface area (Å²) in [6.45, 7) is 2.03. The first-order chi connectivity index (χ1) is 15.0. The van der Waals surface area contributed by atoms with Crippen molar-refractivity contribution in [3.63, 3.8) is 0 Å². The van der Waals surface area contributed by atoms with Gasteiger partial charge in [0.2, 0.25) is 5.82 Å². The van der Waals surface area contributed by atoms with Crippen molar-refractivity contribution >= 4 is 34.8 Å². The molecule has 0 spiro atoms. The van der Waals surface area contributed by atoms with Crippen molar-refractivity contribution in [1.29, 1.82) is 0 Å². The number of nitrogens with one attached hydrogen (secondary N) is 1. The Balaban J connectivity index is 1.67. The zero-order valence-corrected chi connectivity index (χ0v) is 19.1. The molecule has 2 aromatic carbocycles. The topological polar surface area (TPSA) is 59.4 Å². The van der Waals surface area contributed by atoms with Crippen LogP contribution in [0.5, 0.6) is 0 Å². The van der Waals surface area contributed by atoms with Crippen LogP contribution in [0.3, 0.4) is 0 Å². The van der Waals surface area contributed by atoms with Crippen LogP contribution in [-0.4, -0.2) is 25.0 Å². The van der Waals surface area contributed by atoms with Crippen molar-refractivity contribution in [3.8, 4) is 28.5 Å². The Morgan fingerprint density at radius 2 is 1.68 bits per heavy atom. The van der Waals surface area contributed by atoms with E-state index in [0.29, 0.717) is 26.8 Å². The summed E-state index contributed by atoms with van der Waals surface area (Å²) in [5.74, 6) is 1.99. The lowest BCUT2D eigenvalue weighted by Gasteiger charge is -2.11. The van der Waals surface area contributed by atoms with Crippen molar-refractivity contribution in [2.45, 2.75) is 38.5 Å². The Labute approximate surface area is 195 Å². The number of halogens is 3. The van der Waals surface area contributed by atoms with E-state index in [2.05, 4.69) is 10.2 Å². The normalized spacial score (nSPS) is 14.5. The van der Waals surface area contributed by atoms with Crippen LogP contribution in [0.2, 0.25) is 15.1 Å². The molecule has 0 unspecified atom stereocenters. The average Bonchev–Trinajstić information content (AvgIpc) is 3.48. The van der Waals surface area contributed by atoms with Crippen LogP contribution in [0.25, 0.3) is 28.5 Å². The Bertz CT molecular complexity index is 1240. The first-order valence-corrected chi connectivity index (χ1v) is 11.4. The SMILES string of the molecule is Cc1c(-c2n[nH]c(C3CCCC3)n2)nn(-c2ccc(Cl)cc2Cl)c1-c1ccc(Cl)cc1. The summed E-state index contributed by atoms with van der Waals surface area (Å²) in [6, 6.07) is 13.0. The molecule has 4 aromatic rings. The third-order valence-electron chi connectivity index (χ3n) is 5.83. The lowest BCUT2D eigenvalue weighted by atomic mass is 10.1. The van der Waals surface area contributed by atoms with E-state index in [1.807, 2.05) is 41.9 Å². The van der Waals surface area contributed by atoms with E-state index < -0.39 is 0 Å². The highest BCUT2D eigenvalue weighted by Crippen LogP contribution is 2.37. The molecule has 8 heteroatoms. The molecule has 2 heterocycles. The van der Waals surface area contributed by atoms with Crippen LogP contribution >= 0.6 is 34.8 Å². The van der Waals surface area contributed by atoms with E-state index in [0.717, 1.165) is 46.9 Å². The molecule has 0 saturated heterocycles. The van der Waals surface area contributed by atoms with Crippen molar-refractivity contribution in [2.75, 3.05) is 0 Å². The Morgan fingerprint density at radius 3 is 2.39 bits per heavy atom. The van der Waals surface area contributed by atoms with Crippen molar-refractivity contribution in [2.24, 2.45) is 0 Å². The number of hydrogen-bond acceptors (Lipinski definition) is 3. The number of H-pyrrole nitrogens is 1. The molecule has 1 fully saturated rings. The molecule has 0 radical (unpaired) electrons. The Morgan fingerprint density at radius 1 is 0.968 bits per heavy atom. The molecule has 0 aliphatic heterocycles. The first-order valence-electron chi connectivity index (χ1n) is 10.2. The minimum atomic E-state index is 0.449. The predicted molar refractivity (Wildman–Crippen MR) is 125 cm³/mol. The zero-order valence-electron chi connectivity index (χ0n) is 16.9. The third-order valence-corrected chi connectivity index (χ3v) is 6.62. The lowest BCUT2D eigenvalue weighted by molar-refractivity contribution is 0.672. The van der Waals surface area contributed by atoms with Crippen molar-refractivity contribution in [3.05, 3.63) is 68.9 Å². The number of benzene rings is 2. The minimum absolute atomic E-state index is 0.449. The minimum Gasteiger partial charge on any atom is -0.262 e. The van der Waals surface area contributed by atoms with Crippen molar-refractivity contribution < 1.29 is 0 Å². The molecule has 2 aromatic heterocycles. The smallest absolute Gasteiger partial charge is 0.201 e. The van der Waals surface area contributed by atoms with Crippen molar-refractivity contribution in [1.82, 2.24) is 25.0 Å². The molecule has 1 saturated carbocycles. The number of nitrogens with zero attached hydrogens (tertiary/aromatic N) is 4. The highest BCUT2D eigenvalue weighted by Gasteiger charge is 2.25. The quantitative estimate of drug-likeness (QED) is 0.340. The van der Waals surface area contributed by atoms with E-state index in [-0.39, 0.29) is 0 Å². The maximum atomic E-state index is 6.54. The molecule has 0 bridgehead atoms. The van der Waals surface area contributed by atoms with Gasteiger partial charge in [0.15, 0.2) is 0 Å². The van der Waals surface area contributed by atoms with Gasteiger partial charge in [-0.2, -0.15) is 10.2 Å². The van der Waals surface area contributed by atoms with Gasteiger partial charge in [0, 0.05) is 27.1 Å². The van der Waals surface area contributed by atoms with Crippen LogP contribution in [0, 0.1) is 6.92 Å². The van der Waals surface area contributed by atoms with Gasteiger partial charge in [-0.1, -0.05) is 59.8 Å². The van der Waals surface area contributed by atoms with Crippen LogP contribution in [0.1, 0.15) is 43.0 Å². The standard InChI is InChI=1S/C23H20Cl3N5/c1-13-20(23-27-22(28-29-23)15-4-2-3-5-15)30-31(19-11-10-17(25)12-18(19)26)21(13)14-6-8-16(24)9-7-14/h6-12,15H,2-5H2,1H3,(H,27,28,29). The molecule has 158 valence electrons. The molecular formula is C23H20Cl3N5. The van der Waals surface area contributed by atoms with Crippen LogP contribution < -0.4 is 0 Å². The first kappa shape index (κ1) is 20.6. The highest BCUT2D eigenvalue weighted by molar-refractivity contribution is 6.35. The largest absolute Gasteiger partial charge is 0.262 e. The van der Waals surface area contributed by atoms with Crippen LogP contribution in [-0.2, 0) is 0 Å². The Kier molecular flexibility index (Phi) is 5.51. The highest BCUT2D eigenvalue weighted by atomic mass is 35.5. The van der Waals surface area contributed by atoms with E-state index in [4.69, 9.17) is 44.9 Å². The van der Waals surface area contributed by atoms with Gasteiger partial charge < -0.3 is 0 Å². The summed E-state index contributed by atoms with van der Waals surface area (Å²) in [6.07, 6.45) is 4.78. The summed E-state index contributed by atoms with van der Waals surface area (Å²) in [5.41, 5.74) is 4.29. The van der Waals surface area contributed by atoms with Gasteiger partial charge in [0.05, 0.1) is 16.4 Å². The maximum Gasteiger partial charge on any atom is 0.201 e. The van der Waals surface area contributed by atoms with Gasteiger partial charge in [-0.25, -0.2) is 9.67 Å². The second-order valence-electron chi connectivity index (χ2n) is 7.86. The monoisotopic (exact) mass is 471 g/mol. The molecule has 5 rings (SSSR count).